The molecule has 34 heavy (non-hydrogen) atoms. The van der Waals surface area contributed by atoms with Crippen LogP contribution in [0.5, 0.6) is 0 Å². The van der Waals surface area contributed by atoms with Crippen LogP contribution in [0.1, 0.15) is 48.7 Å². The Kier molecular flexibility index (Phi) is 8.03. The van der Waals surface area contributed by atoms with Crippen molar-refractivity contribution in [2.45, 2.75) is 52.2 Å². The van der Waals surface area contributed by atoms with Crippen molar-refractivity contribution in [3.05, 3.63) is 82.1 Å². The fourth-order valence-electron chi connectivity index (χ4n) is 4.11. The second kappa shape index (κ2) is 11.4. The summed E-state index contributed by atoms with van der Waals surface area (Å²) in [5, 5.41) is 14.1. The summed E-state index contributed by atoms with van der Waals surface area (Å²) in [6.45, 7) is 2.89. The van der Waals surface area contributed by atoms with E-state index >= 15 is 0 Å². The fourth-order valence-corrected chi connectivity index (χ4v) is 4.47. The molecule has 0 unspecified atom stereocenters. The maximum atomic E-state index is 11.0. The minimum atomic E-state index is -0.774. The first kappa shape index (κ1) is 24.0. The number of unbranched alkanes of at least 4 members (excludes halogenated alkanes) is 1. The molecule has 0 amide bonds. The van der Waals surface area contributed by atoms with Crippen molar-refractivity contribution in [3.63, 3.8) is 0 Å². The van der Waals surface area contributed by atoms with Gasteiger partial charge in [-0.25, -0.2) is 4.52 Å². The molecule has 0 aliphatic carbocycles. The Morgan fingerprint density at radius 1 is 1.12 bits per heavy atom. The number of carbonyl (C=O) groups is 1. The maximum Gasteiger partial charge on any atom is 0.303 e. The number of rotatable bonds is 11. The quantitative estimate of drug-likeness (QED) is 0.256. The minimum Gasteiger partial charge on any atom is -0.481 e. The number of aromatic nitrogens is 4. The zero-order valence-corrected chi connectivity index (χ0v) is 20.7. The molecule has 0 aliphatic rings. The Bertz CT molecular complexity index is 1270. The molecule has 0 atom stereocenters. The van der Waals surface area contributed by atoms with Crippen LogP contribution in [-0.2, 0) is 35.6 Å². The Morgan fingerprint density at radius 3 is 2.74 bits per heavy atom. The van der Waals surface area contributed by atoms with Crippen LogP contribution < -0.4 is 0 Å². The molecule has 4 rings (SSSR count). The molecule has 8 heteroatoms. The topological polar surface area (TPSA) is 89.6 Å². The zero-order valence-electron chi connectivity index (χ0n) is 19.1. The van der Waals surface area contributed by atoms with Gasteiger partial charge in [0.15, 0.2) is 0 Å². The molecule has 0 aliphatic heterocycles. The summed E-state index contributed by atoms with van der Waals surface area (Å²) in [7, 11) is 0. The van der Waals surface area contributed by atoms with Gasteiger partial charge in [0.2, 0.25) is 0 Å². The third-order valence-corrected chi connectivity index (χ3v) is 6.15. The Labute approximate surface area is 207 Å². The highest BCUT2D eigenvalue weighted by Crippen LogP contribution is 2.34. The Hall–Kier alpha value is -3.10. The van der Waals surface area contributed by atoms with Gasteiger partial charge in [-0.2, -0.15) is 5.10 Å². The molecule has 0 aromatic carbocycles. The van der Waals surface area contributed by atoms with Crippen molar-refractivity contribution in [2.75, 3.05) is 0 Å². The normalized spacial score (nSPS) is 11.2. The van der Waals surface area contributed by atoms with Crippen LogP contribution in [0.15, 0.2) is 59.6 Å². The van der Waals surface area contributed by atoms with Gasteiger partial charge in [0.1, 0.15) is 0 Å². The number of hydrogen-bond donors (Lipinski definition) is 1. The molecule has 4 heterocycles. The number of hydrogen-bond acceptors (Lipinski definition) is 5. The molecule has 0 radical (unpaired) electrons. The summed E-state index contributed by atoms with van der Waals surface area (Å²) < 4.78 is 8.97. The average Bonchev–Trinajstić information content (AvgIpc) is 3.24. The van der Waals surface area contributed by atoms with E-state index in [-0.39, 0.29) is 6.42 Å². The van der Waals surface area contributed by atoms with Gasteiger partial charge in [-0.15, -0.1) is 0 Å². The van der Waals surface area contributed by atoms with Crippen molar-refractivity contribution in [1.29, 1.82) is 0 Å². The molecular formula is C26H27BrN4O3. The predicted molar refractivity (Wildman–Crippen MR) is 133 cm³/mol. The zero-order chi connectivity index (χ0) is 23.9. The lowest BCUT2D eigenvalue weighted by molar-refractivity contribution is -0.137. The molecular weight excluding hydrogens is 496 g/mol. The lowest BCUT2D eigenvalue weighted by atomic mass is 9.95. The molecule has 0 saturated carbocycles. The highest BCUT2D eigenvalue weighted by molar-refractivity contribution is 9.10. The number of nitrogens with zero attached hydrogens (tertiary/aromatic N) is 4. The highest BCUT2D eigenvalue weighted by Gasteiger charge is 2.19. The van der Waals surface area contributed by atoms with Gasteiger partial charge in [0.25, 0.3) is 0 Å². The largest absolute Gasteiger partial charge is 0.481 e. The number of pyridine rings is 2. The summed E-state index contributed by atoms with van der Waals surface area (Å²) in [5.74, 6) is -0.774. The van der Waals surface area contributed by atoms with Crippen LogP contribution in [0.4, 0.5) is 0 Å². The summed E-state index contributed by atoms with van der Waals surface area (Å²) in [6, 6.07) is 10.1. The summed E-state index contributed by atoms with van der Waals surface area (Å²) in [6.07, 6.45) is 10.2. The second-order valence-electron chi connectivity index (χ2n) is 8.12. The molecule has 0 saturated heterocycles. The molecule has 0 fully saturated rings. The number of carboxylic acid groups (broad SMARTS) is 1. The van der Waals surface area contributed by atoms with Gasteiger partial charge in [-0.1, -0.05) is 13.0 Å². The van der Waals surface area contributed by atoms with Crippen LogP contribution in [0.3, 0.4) is 0 Å². The molecule has 4 aromatic rings. The van der Waals surface area contributed by atoms with Gasteiger partial charge in [-0.3, -0.25) is 14.8 Å². The molecule has 176 valence electrons. The third kappa shape index (κ3) is 5.69. The van der Waals surface area contributed by atoms with E-state index < -0.39 is 5.97 Å². The van der Waals surface area contributed by atoms with Crippen molar-refractivity contribution in [3.8, 4) is 11.1 Å². The van der Waals surface area contributed by atoms with Gasteiger partial charge < -0.3 is 9.84 Å². The Morgan fingerprint density at radius 2 is 2.00 bits per heavy atom. The van der Waals surface area contributed by atoms with E-state index in [1.165, 1.54) is 0 Å². The van der Waals surface area contributed by atoms with Crippen LogP contribution in [0.25, 0.3) is 16.6 Å². The van der Waals surface area contributed by atoms with Gasteiger partial charge >= 0.3 is 5.97 Å². The SMILES string of the molecule is CCc1ccc2c(-c3cncc(Br)c3)c(CCCCC(=O)O)c(COCc3cccnc3)nn12. The summed E-state index contributed by atoms with van der Waals surface area (Å²) in [4.78, 5) is 19.6. The fraction of sp³-hybridized carbons (Fsp3) is 0.308. The van der Waals surface area contributed by atoms with Crippen LogP contribution in [-0.4, -0.2) is 30.7 Å². The lowest BCUT2D eigenvalue weighted by Crippen LogP contribution is -2.10. The van der Waals surface area contributed by atoms with Crippen molar-refractivity contribution >= 4 is 27.4 Å². The standard InChI is InChI=1S/C26H27BrN4O3/c1-2-21-9-10-24-26(19-12-20(27)15-29-14-19)22(7-3-4-8-25(32)33)23(30-31(21)24)17-34-16-18-6-5-11-28-13-18/h5-6,9-15H,2-4,7-8,16-17H2,1H3,(H,32,33). The first-order chi connectivity index (χ1) is 16.6. The maximum absolute atomic E-state index is 11.0. The predicted octanol–water partition coefficient (Wildman–Crippen LogP) is 5.63. The van der Waals surface area contributed by atoms with Crippen molar-refractivity contribution < 1.29 is 14.6 Å². The van der Waals surface area contributed by atoms with Crippen LogP contribution in [0.2, 0.25) is 0 Å². The molecule has 0 bridgehead atoms. The van der Waals surface area contributed by atoms with E-state index in [4.69, 9.17) is 14.9 Å². The first-order valence-electron chi connectivity index (χ1n) is 11.4. The van der Waals surface area contributed by atoms with E-state index in [1.54, 1.807) is 18.6 Å². The number of aliphatic carboxylic acids is 1. The highest BCUT2D eigenvalue weighted by atomic mass is 79.9. The molecule has 1 N–H and O–H groups in total. The van der Waals surface area contributed by atoms with E-state index in [0.29, 0.717) is 26.1 Å². The summed E-state index contributed by atoms with van der Waals surface area (Å²) >= 11 is 3.55. The van der Waals surface area contributed by atoms with E-state index in [0.717, 1.165) is 56.5 Å². The molecule has 4 aromatic heterocycles. The number of carboxylic acids is 1. The van der Waals surface area contributed by atoms with Gasteiger partial charge in [0.05, 0.1) is 24.4 Å². The molecule has 7 nitrogen and oxygen atoms in total. The van der Waals surface area contributed by atoms with E-state index in [2.05, 4.69) is 51.0 Å². The number of aryl methyl sites for hydroxylation is 1. The van der Waals surface area contributed by atoms with Crippen LogP contribution >= 0.6 is 15.9 Å². The van der Waals surface area contributed by atoms with Gasteiger partial charge in [0, 0.05) is 52.5 Å². The van der Waals surface area contributed by atoms with E-state index in [1.807, 2.05) is 22.8 Å². The summed E-state index contributed by atoms with van der Waals surface area (Å²) in [5.41, 5.74) is 7.12. The third-order valence-electron chi connectivity index (χ3n) is 5.71. The lowest BCUT2D eigenvalue weighted by Gasteiger charge is -2.18. The molecule has 0 spiro atoms. The smallest absolute Gasteiger partial charge is 0.303 e. The second-order valence-corrected chi connectivity index (χ2v) is 9.04. The van der Waals surface area contributed by atoms with Gasteiger partial charge in [-0.05, 0) is 77.0 Å². The average molecular weight is 523 g/mol. The number of halogens is 1. The van der Waals surface area contributed by atoms with Crippen molar-refractivity contribution in [2.24, 2.45) is 0 Å². The van der Waals surface area contributed by atoms with Crippen molar-refractivity contribution in [1.82, 2.24) is 19.6 Å². The first-order valence-corrected chi connectivity index (χ1v) is 12.2. The van der Waals surface area contributed by atoms with E-state index in [9.17, 15) is 4.79 Å². The van der Waals surface area contributed by atoms with Crippen LogP contribution in [0, 0.1) is 0 Å². The number of fused-ring (bicyclic) bond motifs is 1. The monoisotopic (exact) mass is 522 g/mol. The number of ether oxygens (including phenoxy) is 1. The minimum absolute atomic E-state index is 0.154. The Balaban J connectivity index is 1.76.